The second-order valence-corrected chi connectivity index (χ2v) is 11.1. The molecule has 42 heavy (non-hydrogen) atoms. The minimum Gasteiger partial charge on any atom is -0.493 e. The number of amides is 2. The number of nitrogens with one attached hydrogen (secondary N) is 4. The number of nitrogens with zero attached hydrogens (tertiary/aromatic N) is 3. The number of hydrogen-bond donors (Lipinski definition) is 4. The highest BCUT2D eigenvalue weighted by Gasteiger charge is 2.33. The molecule has 0 radical (unpaired) electrons. The Morgan fingerprint density at radius 2 is 1.81 bits per heavy atom. The third-order valence-corrected chi connectivity index (χ3v) is 7.35. The maximum atomic E-state index is 13.5. The number of methoxy groups -OCH3 is 1. The monoisotopic (exact) mass is 573 g/mol. The van der Waals surface area contributed by atoms with E-state index in [0.29, 0.717) is 36.1 Å². The number of fused-ring (bicyclic) bond motifs is 7. The Labute approximate surface area is 246 Å². The van der Waals surface area contributed by atoms with Crippen LogP contribution in [0.25, 0.3) is 0 Å². The normalized spacial score (nSPS) is 20.0. The van der Waals surface area contributed by atoms with Crippen LogP contribution in [0.3, 0.4) is 0 Å². The van der Waals surface area contributed by atoms with E-state index < -0.39 is 6.04 Å². The summed E-state index contributed by atoms with van der Waals surface area (Å²) >= 11 is 0. The molecule has 2 aliphatic rings. The van der Waals surface area contributed by atoms with Gasteiger partial charge in [0.25, 0.3) is 0 Å². The van der Waals surface area contributed by atoms with Crippen LogP contribution in [0.4, 0.5) is 23.0 Å². The smallest absolute Gasteiger partial charge is 0.242 e. The van der Waals surface area contributed by atoms with Gasteiger partial charge in [-0.1, -0.05) is 26.0 Å². The van der Waals surface area contributed by atoms with Crippen molar-refractivity contribution in [3.8, 4) is 11.5 Å². The van der Waals surface area contributed by atoms with Crippen molar-refractivity contribution in [1.29, 1.82) is 0 Å². The summed E-state index contributed by atoms with van der Waals surface area (Å²) in [6.07, 6.45) is 3.72. The lowest BCUT2D eigenvalue weighted by Gasteiger charge is -2.27. The molecule has 2 aromatic carbocycles. The zero-order valence-electron chi connectivity index (χ0n) is 24.4. The van der Waals surface area contributed by atoms with Crippen LogP contribution in [0.15, 0.2) is 54.9 Å². The van der Waals surface area contributed by atoms with E-state index in [4.69, 9.17) is 9.47 Å². The summed E-state index contributed by atoms with van der Waals surface area (Å²) in [6.45, 7) is 6.03. The van der Waals surface area contributed by atoms with Crippen molar-refractivity contribution in [3.05, 3.63) is 60.4 Å². The van der Waals surface area contributed by atoms with Crippen molar-refractivity contribution in [1.82, 2.24) is 25.5 Å². The quantitative estimate of drug-likeness (QED) is 0.368. The van der Waals surface area contributed by atoms with Gasteiger partial charge in [-0.05, 0) is 61.6 Å². The number of ether oxygens (including phenoxy) is 2. The molecule has 2 aliphatic heterocycles. The lowest BCUT2D eigenvalue weighted by molar-refractivity contribution is -0.131. The summed E-state index contributed by atoms with van der Waals surface area (Å²) in [6, 6.07) is 14.5. The molecule has 3 heterocycles. The molecule has 0 aliphatic carbocycles. The van der Waals surface area contributed by atoms with Crippen molar-refractivity contribution in [2.24, 2.45) is 5.92 Å². The number of carbonyl (C=O) groups is 2. The molecule has 1 saturated heterocycles. The highest BCUT2D eigenvalue weighted by molar-refractivity contribution is 5.90. The Balaban J connectivity index is 1.43. The molecule has 1 fully saturated rings. The van der Waals surface area contributed by atoms with Crippen LogP contribution >= 0.6 is 0 Å². The fourth-order valence-electron chi connectivity index (χ4n) is 5.38. The van der Waals surface area contributed by atoms with Gasteiger partial charge < -0.3 is 30.7 Å². The Bertz CT molecular complexity index is 1400. The topological polar surface area (TPSA) is 130 Å². The number of carbonyl (C=O) groups excluding carboxylic acids is 2. The number of hydrogen-bond acceptors (Lipinski definition) is 9. The molecule has 1 aromatic heterocycles. The molecule has 6 bridgehead atoms. The van der Waals surface area contributed by atoms with Gasteiger partial charge >= 0.3 is 0 Å². The molecule has 222 valence electrons. The van der Waals surface area contributed by atoms with Gasteiger partial charge in [0, 0.05) is 30.1 Å². The van der Waals surface area contributed by atoms with Crippen LogP contribution in [-0.2, 0) is 16.1 Å². The van der Waals surface area contributed by atoms with E-state index in [2.05, 4.69) is 48.3 Å². The second kappa shape index (κ2) is 13.5. The Kier molecular flexibility index (Phi) is 9.38. The Morgan fingerprint density at radius 3 is 2.57 bits per heavy atom. The zero-order chi connectivity index (χ0) is 29.5. The molecular formula is C31H39N7O4. The second-order valence-electron chi connectivity index (χ2n) is 11.1. The predicted octanol–water partition coefficient (Wildman–Crippen LogP) is 3.98. The summed E-state index contributed by atoms with van der Waals surface area (Å²) in [7, 11) is 1.58. The van der Waals surface area contributed by atoms with Crippen molar-refractivity contribution >= 4 is 34.8 Å². The Hall–Kier alpha value is -4.38. The lowest BCUT2D eigenvalue weighted by Crippen LogP contribution is -2.52. The first-order chi connectivity index (χ1) is 20.4. The van der Waals surface area contributed by atoms with Crippen LogP contribution in [0, 0.1) is 5.92 Å². The largest absolute Gasteiger partial charge is 0.493 e. The molecular weight excluding hydrogens is 534 g/mol. The minimum atomic E-state index is -0.624. The number of anilines is 4. The zero-order valence-corrected chi connectivity index (χ0v) is 24.4. The first-order valence-corrected chi connectivity index (χ1v) is 14.5. The van der Waals surface area contributed by atoms with Crippen molar-refractivity contribution in [3.63, 3.8) is 0 Å². The molecule has 2 amide bonds. The van der Waals surface area contributed by atoms with Crippen molar-refractivity contribution in [2.45, 2.75) is 51.7 Å². The summed E-state index contributed by atoms with van der Waals surface area (Å²) in [5, 5.41) is 12.7. The summed E-state index contributed by atoms with van der Waals surface area (Å²) in [5.41, 5.74) is 2.72. The van der Waals surface area contributed by atoms with E-state index >= 15 is 0 Å². The van der Waals surface area contributed by atoms with Crippen LogP contribution in [0.2, 0.25) is 0 Å². The molecule has 11 nitrogen and oxygen atoms in total. The average molecular weight is 574 g/mol. The third-order valence-electron chi connectivity index (χ3n) is 7.35. The number of benzene rings is 2. The molecule has 11 heteroatoms. The van der Waals surface area contributed by atoms with Gasteiger partial charge in [0.15, 0.2) is 11.5 Å². The van der Waals surface area contributed by atoms with E-state index in [1.165, 1.54) is 6.33 Å². The van der Waals surface area contributed by atoms with Crippen LogP contribution < -0.4 is 30.7 Å². The first kappa shape index (κ1) is 29.1. The minimum absolute atomic E-state index is 0.108. The third kappa shape index (κ3) is 7.47. The van der Waals surface area contributed by atoms with Gasteiger partial charge in [0.2, 0.25) is 11.8 Å². The summed E-state index contributed by atoms with van der Waals surface area (Å²) < 4.78 is 11.5. The maximum Gasteiger partial charge on any atom is 0.242 e. The average Bonchev–Trinajstić information content (AvgIpc) is 3.43. The van der Waals surface area contributed by atoms with Gasteiger partial charge in [-0.2, -0.15) is 0 Å². The van der Waals surface area contributed by atoms with Gasteiger partial charge in [-0.25, -0.2) is 9.97 Å². The first-order valence-electron chi connectivity index (χ1n) is 14.5. The molecule has 4 N–H and O–H groups in total. The molecule has 0 saturated carbocycles. The van der Waals surface area contributed by atoms with Gasteiger partial charge in [-0.15, -0.1) is 0 Å². The summed E-state index contributed by atoms with van der Waals surface area (Å²) in [4.78, 5) is 37.6. The lowest BCUT2D eigenvalue weighted by atomic mass is 10.0. The van der Waals surface area contributed by atoms with E-state index in [1.54, 1.807) is 13.2 Å². The van der Waals surface area contributed by atoms with Gasteiger partial charge in [0.1, 0.15) is 30.6 Å². The van der Waals surface area contributed by atoms with Gasteiger partial charge in [-0.3, -0.25) is 14.5 Å². The highest BCUT2D eigenvalue weighted by Crippen LogP contribution is 2.32. The van der Waals surface area contributed by atoms with E-state index in [9.17, 15) is 9.59 Å². The van der Waals surface area contributed by atoms with Crippen molar-refractivity contribution in [2.75, 3.05) is 37.4 Å². The fraction of sp³-hybridized carbons (Fsp3) is 0.419. The van der Waals surface area contributed by atoms with E-state index in [1.807, 2.05) is 44.2 Å². The SMILES string of the molecule is COc1ccc2cc1OCCNC(=O)[C@H](CC(C)C)NC(=O)[C@@H]1CCCN1Cc1cccc(c1)Nc1cc(ncn1)N2. The van der Waals surface area contributed by atoms with E-state index in [-0.39, 0.29) is 36.9 Å². The van der Waals surface area contributed by atoms with Crippen LogP contribution in [-0.4, -0.2) is 65.6 Å². The number of rotatable bonds is 3. The summed E-state index contributed by atoms with van der Waals surface area (Å²) in [5.74, 6) is 2.25. The van der Waals surface area contributed by atoms with Crippen LogP contribution in [0.5, 0.6) is 11.5 Å². The van der Waals surface area contributed by atoms with E-state index in [0.717, 1.165) is 36.3 Å². The predicted molar refractivity (Wildman–Crippen MR) is 161 cm³/mol. The molecule has 2 atom stereocenters. The molecule has 0 unspecified atom stereocenters. The van der Waals surface area contributed by atoms with Crippen molar-refractivity contribution < 1.29 is 19.1 Å². The maximum absolute atomic E-state index is 13.5. The fourth-order valence-corrected chi connectivity index (χ4v) is 5.38. The number of aromatic nitrogens is 2. The molecule has 0 spiro atoms. The van der Waals surface area contributed by atoms with Crippen LogP contribution in [0.1, 0.15) is 38.7 Å². The van der Waals surface area contributed by atoms with Gasteiger partial charge in [0.05, 0.1) is 19.7 Å². The Morgan fingerprint density at radius 1 is 1.02 bits per heavy atom. The highest BCUT2D eigenvalue weighted by atomic mass is 16.5. The standard InChI is InChI=1S/C31H39N7O4/c1-20(2)14-24-30(39)32-11-13-42-27-16-23(9-10-26(27)41-3)36-29-17-28(33-19-34-29)35-22-7-4-6-21(15-22)18-38-12-5-8-25(38)31(40)37-24/h4,6-7,9-10,15-17,19-20,24-25H,5,8,11-14,18H2,1-3H3,(H,32,39)(H,37,40)(H2,33,34,35,36)/t24-,25-/m0/s1. The molecule has 3 aromatic rings. The molecule has 5 rings (SSSR count).